The summed E-state index contributed by atoms with van der Waals surface area (Å²) >= 11 is 0. The van der Waals surface area contributed by atoms with Gasteiger partial charge in [0.15, 0.2) is 0 Å². The molecule has 2 aromatic rings. The van der Waals surface area contributed by atoms with E-state index < -0.39 is 39.1 Å². The molecule has 156 valence electrons. The lowest BCUT2D eigenvalue weighted by Crippen LogP contribution is -2.33. The Morgan fingerprint density at radius 1 is 1.07 bits per heavy atom. The first-order chi connectivity index (χ1) is 13.4. The molecule has 0 fully saturated rings. The average molecular weight is 429 g/mol. The van der Waals surface area contributed by atoms with Crippen LogP contribution in [0.5, 0.6) is 0 Å². The molecule has 0 aromatic heterocycles. The van der Waals surface area contributed by atoms with E-state index in [1.54, 1.807) is 13.0 Å². The number of benzene rings is 2. The topological polar surface area (TPSA) is 104 Å². The molecule has 3 N–H and O–H groups in total. The van der Waals surface area contributed by atoms with Crippen LogP contribution in [0.15, 0.2) is 47.4 Å². The van der Waals surface area contributed by atoms with Gasteiger partial charge in [0, 0.05) is 18.3 Å². The smallest absolute Gasteiger partial charge is 0.355 e. The van der Waals surface area contributed by atoms with Crippen LogP contribution in [-0.2, 0) is 21.0 Å². The molecule has 0 radical (unpaired) electrons. The van der Waals surface area contributed by atoms with Gasteiger partial charge in [-0.15, -0.1) is 0 Å². The predicted molar refractivity (Wildman–Crippen MR) is 99.8 cm³/mol. The summed E-state index contributed by atoms with van der Waals surface area (Å²) in [4.78, 5) is 23.0. The van der Waals surface area contributed by atoms with Gasteiger partial charge in [-0.2, -0.15) is 13.2 Å². The molecule has 2 rings (SSSR count). The third-order valence-corrected chi connectivity index (χ3v) is 5.28. The molecule has 7 nitrogen and oxygen atoms in total. The standard InChI is InChI=1S/C18H18F3N3O4S/c1-11-8-12(17(26)22-2)6-7-15(11)24-16(25)10-23-29(27,28)14-5-3-4-13(9-14)18(19,20)21/h3-9,23H,10H2,1-2H3,(H,22,26)(H,24,25). The van der Waals surface area contributed by atoms with Gasteiger partial charge in [0.1, 0.15) is 0 Å². The molecular weight excluding hydrogens is 411 g/mol. The number of alkyl halides is 3. The van der Waals surface area contributed by atoms with Gasteiger partial charge < -0.3 is 10.6 Å². The summed E-state index contributed by atoms with van der Waals surface area (Å²) in [7, 11) is -2.85. The molecule has 2 amide bonds. The normalized spacial score (nSPS) is 11.8. The van der Waals surface area contributed by atoms with Crippen LogP contribution in [0.1, 0.15) is 21.5 Å². The van der Waals surface area contributed by atoms with Crippen molar-refractivity contribution in [2.75, 3.05) is 18.9 Å². The van der Waals surface area contributed by atoms with Gasteiger partial charge in [-0.1, -0.05) is 6.07 Å². The van der Waals surface area contributed by atoms with Crippen molar-refractivity contribution in [3.63, 3.8) is 0 Å². The zero-order valence-corrected chi connectivity index (χ0v) is 16.2. The maximum Gasteiger partial charge on any atom is 0.416 e. The van der Waals surface area contributed by atoms with Crippen LogP contribution in [-0.4, -0.2) is 33.8 Å². The minimum absolute atomic E-state index is 0.306. The number of amides is 2. The van der Waals surface area contributed by atoms with E-state index in [4.69, 9.17) is 0 Å². The summed E-state index contributed by atoms with van der Waals surface area (Å²) in [6.45, 7) is 0.962. The number of carbonyl (C=O) groups excluding carboxylic acids is 2. The quantitative estimate of drug-likeness (QED) is 0.655. The second-order valence-electron chi connectivity index (χ2n) is 6.01. The molecule has 0 heterocycles. The highest BCUT2D eigenvalue weighted by Crippen LogP contribution is 2.30. The van der Waals surface area contributed by atoms with Gasteiger partial charge in [0.25, 0.3) is 5.91 Å². The van der Waals surface area contributed by atoms with Crippen LogP contribution in [0.25, 0.3) is 0 Å². The van der Waals surface area contributed by atoms with Crippen molar-refractivity contribution >= 4 is 27.5 Å². The van der Waals surface area contributed by atoms with Crippen molar-refractivity contribution in [3.8, 4) is 0 Å². The maximum atomic E-state index is 12.7. The first-order valence-corrected chi connectivity index (χ1v) is 9.72. The third kappa shape index (κ3) is 5.78. The zero-order valence-electron chi connectivity index (χ0n) is 15.4. The van der Waals surface area contributed by atoms with E-state index in [2.05, 4.69) is 10.6 Å². The Morgan fingerprint density at radius 2 is 1.76 bits per heavy atom. The highest BCUT2D eigenvalue weighted by molar-refractivity contribution is 7.89. The molecule has 29 heavy (non-hydrogen) atoms. The lowest BCUT2D eigenvalue weighted by molar-refractivity contribution is -0.137. The number of carbonyl (C=O) groups is 2. The van der Waals surface area contributed by atoms with E-state index in [1.807, 2.05) is 4.72 Å². The molecule has 0 saturated heterocycles. The largest absolute Gasteiger partial charge is 0.416 e. The zero-order chi connectivity index (χ0) is 21.8. The molecule has 0 aliphatic carbocycles. The SMILES string of the molecule is CNC(=O)c1ccc(NC(=O)CNS(=O)(=O)c2cccc(C(F)(F)F)c2)c(C)c1. The van der Waals surface area contributed by atoms with Crippen LogP contribution in [0, 0.1) is 6.92 Å². The third-order valence-electron chi connectivity index (χ3n) is 3.88. The molecule has 11 heteroatoms. The molecule has 0 spiro atoms. The van der Waals surface area contributed by atoms with Gasteiger partial charge in [0.05, 0.1) is 17.0 Å². The number of anilines is 1. The summed E-state index contributed by atoms with van der Waals surface area (Å²) in [5.41, 5.74) is 0.200. The molecule has 2 aromatic carbocycles. The summed E-state index contributed by atoms with van der Waals surface area (Å²) < 4.78 is 64.6. The summed E-state index contributed by atoms with van der Waals surface area (Å²) in [6, 6.07) is 7.71. The van der Waals surface area contributed by atoms with Crippen molar-refractivity contribution in [3.05, 3.63) is 59.2 Å². The first kappa shape index (κ1) is 22.4. The van der Waals surface area contributed by atoms with E-state index in [9.17, 15) is 31.2 Å². The number of halogens is 3. The van der Waals surface area contributed by atoms with Crippen molar-refractivity contribution in [2.45, 2.75) is 18.0 Å². The van der Waals surface area contributed by atoms with Gasteiger partial charge in [-0.25, -0.2) is 13.1 Å². The van der Waals surface area contributed by atoms with Crippen LogP contribution in [0.4, 0.5) is 18.9 Å². The second kappa shape index (κ2) is 8.62. The lowest BCUT2D eigenvalue weighted by Gasteiger charge is -2.12. The number of sulfonamides is 1. The van der Waals surface area contributed by atoms with E-state index in [0.717, 1.165) is 18.2 Å². The number of hydrogen-bond donors (Lipinski definition) is 3. The van der Waals surface area contributed by atoms with Gasteiger partial charge >= 0.3 is 6.18 Å². The number of hydrogen-bond acceptors (Lipinski definition) is 4. The van der Waals surface area contributed by atoms with E-state index in [-0.39, 0.29) is 5.91 Å². The van der Waals surface area contributed by atoms with E-state index in [0.29, 0.717) is 22.9 Å². The van der Waals surface area contributed by atoms with Crippen molar-refractivity contribution in [2.24, 2.45) is 0 Å². The summed E-state index contributed by atoms with van der Waals surface area (Å²) in [5, 5.41) is 4.94. The predicted octanol–water partition coefficient (Wildman–Crippen LogP) is 2.29. The van der Waals surface area contributed by atoms with Crippen LogP contribution >= 0.6 is 0 Å². The molecule has 0 saturated carbocycles. The monoisotopic (exact) mass is 429 g/mol. The molecule has 0 bridgehead atoms. The van der Waals surface area contributed by atoms with E-state index in [1.165, 1.54) is 19.2 Å². The fraction of sp³-hybridized carbons (Fsp3) is 0.222. The van der Waals surface area contributed by atoms with Crippen molar-refractivity contribution < 1.29 is 31.2 Å². The summed E-state index contributed by atoms with van der Waals surface area (Å²) in [5.74, 6) is -1.03. The fourth-order valence-corrected chi connectivity index (χ4v) is 3.39. The highest BCUT2D eigenvalue weighted by Gasteiger charge is 2.31. The Bertz CT molecular complexity index is 1040. The minimum Gasteiger partial charge on any atom is -0.355 e. The van der Waals surface area contributed by atoms with Crippen LogP contribution in [0.2, 0.25) is 0 Å². The molecule has 0 aliphatic heterocycles. The van der Waals surface area contributed by atoms with Crippen molar-refractivity contribution in [1.29, 1.82) is 0 Å². The van der Waals surface area contributed by atoms with Crippen LogP contribution in [0.3, 0.4) is 0 Å². The lowest BCUT2D eigenvalue weighted by atomic mass is 10.1. The Balaban J connectivity index is 2.06. The van der Waals surface area contributed by atoms with E-state index >= 15 is 0 Å². The number of aryl methyl sites for hydroxylation is 1. The van der Waals surface area contributed by atoms with Crippen LogP contribution < -0.4 is 15.4 Å². The maximum absolute atomic E-state index is 12.7. The Kier molecular flexibility index (Phi) is 6.65. The molecule has 0 unspecified atom stereocenters. The van der Waals surface area contributed by atoms with Gasteiger partial charge in [-0.3, -0.25) is 9.59 Å². The second-order valence-corrected chi connectivity index (χ2v) is 7.77. The Labute approximate surface area is 165 Å². The summed E-state index contributed by atoms with van der Waals surface area (Å²) in [6.07, 6.45) is -4.69. The Hall–Kier alpha value is -2.92. The number of rotatable bonds is 6. The molecular formula is C18H18F3N3O4S. The molecule has 0 atom stereocenters. The van der Waals surface area contributed by atoms with Crippen molar-refractivity contribution in [1.82, 2.24) is 10.0 Å². The fourth-order valence-electron chi connectivity index (χ4n) is 2.37. The van der Waals surface area contributed by atoms with Gasteiger partial charge in [-0.05, 0) is 48.9 Å². The molecule has 0 aliphatic rings. The highest BCUT2D eigenvalue weighted by atomic mass is 32.2. The average Bonchev–Trinajstić information content (AvgIpc) is 2.67. The van der Waals surface area contributed by atoms with Gasteiger partial charge in [0.2, 0.25) is 15.9 Å². The number of nitrogens with one attached hydrogen (secondary N) is 3. The minimum atomic E-state index is -4.69. The Morgan fingerprint density at radius 3 is 2.34 bits per heavy atom. The first-order valence-electron chi connectivity index (χ1n) is 8.23.